The average Bonchev–Trinajstić information content (AvgIpc) is 2.82. The number of fused-ring (bicyclic) bond motifs is 1. The number of rotatable bonds is 6. The molecule has 0 saturated carbocycles. The normalized spacial score (nSPS) is 21.2. The van der Waals surface area contributed by atoms with Crippen molar-refractivity contribution in [1.82, 2.24) is 10.6 Å². The van der Waals surface area contributed by atoms with Gasteiger partial charge in [0.1, 0.15) is 0 Å². The molecule has 1 aromatic rings. The number of hydrogen-bond donors (Lipinski definition) is 2. The zero-order valence-electron chi connectivity index (χ0n) is 11.0. The molecule has 2 rings (SSSR count). The molecule has 2 N–H and O–H groups in total. The van der Waals surface area contributed by atoms with Gasteiger partial charge in [0.05, 0.1) is 0 Å². The van der Waals surface area contributed by atoms with Gasteiger partial charge in [0, 0.05) is 24.0 Å². The molecule has 17 heavy (non-hydrogen) atoms. The van der Waals surface area contributed by atoms with Gasteiger partial charge in [-0.3, -0.25) is 0 Å². The Morgan fingerprint density at radius 2 is 2.41 bits per heavy atom. The van der Waals surface area contributed by atoms with Gasteiger partial charge in [-0.15, -0.1) is 11.3 Å². The Morgan fingerprint density at radius 3 is 3.24 bits per heavy atom. The lowest BCUT2D eigenvalue weighted by Gasteiger charge is -2.25. The zero-order chi connectivity index (χ0) is 12.1. The van der Waals surface area contributed by atoms with Gasteiger partial charge >= 0.3 is 0 Å². The second kappa shape index (κ2) is 6.53. The maximum atomic E-state index is 3.66. The Morgan fingerprint density at radius 1 is 1.53 bits per heavy atom. The lowest BCUT2D eigenvalue weighted by atomic mass is 9.87. The van der Waals surface area contributed by atoms with Crippen LogP contribution in [0.15, 0.2) is 11.4 Å². The Hall–Kier alpha value is -0.380. The SMILES string of the molecule is CCNCC(C)NCC1CCCc2sccc21. The first-order chi connectivity index (χ1) is 8.31. The molecule has 0 saturated heterocycles. The van der Waals surface area contributed by atoms with E-state index in [9.17, 15) is 0 Å². The van der Waals surface area contributed by atoms with Crippen LogP contribution in [-0.2, 0) is 6.42 Å². The summed E-state index contributed by atoms with van der Waals surface area (Å²) < 4.78 is 0. The van der Waals surface area contributed by atoms with E-state index in [0.717, 1.165) is 25.6 Å². The lowest BCUT2D eigenvalue weighted by molar-refractivity contribution is 0.453. The van der Waals surface area contributed by atoms with Crippen molar-refractivity contribution in [3.05, 3.63) is 21.9 Å². The van der Waals surface area contributed by atoms with Crippen molar-refractivity contribution < 1.29 is 0 Å². The van der Waals surface area contributed by atoms with E-state index in [1.165, 1.54) is 19.3 Å². The predicted octanol–water partition coefficient (Wildman–Crippen LogP) is 2.76. The first kappa shape index (κ1) is 13.1. The van der Waals surface area contributed by atoms with Crippen LogP contribution in [0.1, 0.15) is 43.0 Å². The molecular weight excluding hydrogens is 228 g/mol. The van der Waals surface area contributed by atoms with Crippen molar-refractivity contribution in [2.75, 3.05) is 19.6 Å². The summed E-state index contributed by atoms with van der Waals surface area (Å²) in [5.74, 6) is 0.745. The molecule has 0 aromatic carbocycles. The van der Waals surface area contributed by atoms with Gasteiger partial charge in [-0.25, -0.2) is 0 Å². The van der Waals surface area contributed by atoms with E-state index in [2.05, 4.69) is 35.9 Å². The minimum Gasteiger partial charge on any atom is -0.315 e. The van der Waals surface area contributed by atoms with Gasteiger partial charge in [-0.2, -0.15) is 0 Å². The maximum Gasteiger partial charge on any atom is 0.0164 e. The number of thiophene rings is 1. The summed E-state index contributed by atoms with van der Waals surface area (Å²) in [6.45, 7) is 7.69. The second-order valence-corrected chi connectivity index (χ2v) is 6.01. The highest BCUT2D eigenvalue weighted by Gasteiger charge is 2.21. The summed E-state index contributed by atoms with van der Waals surface area (Å²) in [6.07, 6.45) is 4.02. The van der Waals surface area contributed by atoms with Gasteiger partial charge in [0.2, 0.25) is 0 Å². The third kappa shape index (κ3) is 3.54. The van der Waals surface area contributed by atoms with E-state index >= 15 is 0 Å². The molecule has 1 heterocycles. The van der Waals surface area contributed by atoms with E-state index in [1.54, 1.807) is 10.4 Å². The van der Waals surface area contributed by atoms with Gasteiger partial charge in [-0.05, 0) is 55.7 Å². The van der Waals surface area contributed by atoms with E-state index in [-0.39, 0.29) is 0 Å². The van der Waals surface area contributed by atoms with Crippen LogP contribution in [0.3, 0.4) is 0 Å². The van der Waals surface area contributed by atoms with Crippen molar-refractivity contribution in [2.45, 2.75) is 45.1 Å². The molecule has 2 unspecified atom stereocenters. The fourth-order valence-corrected chi connectivity index (χ4v) is 3.58. The van der Waals surface area contributed by atoms with Gasteiger partial charge in [0.15, 0.2) is 0 Å². The average molecular weight is 252 g/mol. The fraction of sp³-hybridized carbons (Fsp3) is 0.714. The topological polar surface area (TPSA) is 24.1 Å². The molecule has 1 aromatic heterocycles. The largest absolute Gasteiger partial charge is 0.315 e. The predicted molar refractivity (Wildman–Crippen MR) is 76.0 cm³/mol. The van der Waals surface area contributed by atoms with Crippen molar-refractivity contribution in [1.29, 1.82) is 0 Å². The number of nitrogens with one attached hydrogen (secondary N) is 2. The minimum absolute atomic E-state index is 0.568. The van der Waals surface area contributed by atoms with E-state index in [0.29, 0.717) is 6.04 Å². The monoisotopic (exact) mass is 252 g/mol. The van der Waals surface area contributed by atoms with Crippen molar-refractivity contribution in [3.63, 3.8) is 0 Å². The highest BCUT2D eigenvalue weighted by atomic mass is 32.1. The molecule has 1 aliphatic rings. The Bertz CT molecular complexity index is 335. The summed E-state index contributed by atoms with van der Waals surface area (Å²) in [5, 5.41) is 9.30. The van der Waals surface area contributed by atoms with Crippen LogP contribution in [0, 0.1) is 0 Å². The molecule has 0 fully saturated rings. The highest BCUT2D eigenvalue weighted by molar-refractivity contribution is 7.10. The molecule has 0 bridgehead atoms. The first-order valence-electron chi connectivity index (χ1n) is 6.81. The number of hydrogen-bond acceptors (Lipinski definition) is 3. The van der Waals surface area contributed by atoms with Crippen LogP contribution in [0.2, 0.25) is 0 Å². The summed E-state index contributed by atoms with van der Waals surface area (Å²) in [5.41, 5.74) is 1.62. The molecular formula is C14H24N2S. The number of likely N-dealkylation sites (N-methyl/N-ethyl adjacent to an activating group) is 1. The van der Waals surface area contributed by atoms with Gasteiger partial charge < -0.3 is 10.6 Å². The Balaban J connectivity index is 1.81. The van der Waals surface area contributed by atoms with Crippen LogP contribution in [0.25, 0.3) is 0 Å². The van der Waals surface area contributed by atoms with E-state index in [4.69, 9.17) is 0 Å². The molecule has 0 radical (unpaired) electrons. The van der Waals surface area contributed by atoms with Crippen LogP contribution < -0.4 is 10.6 Å². The smallest absolute Gasteiger partial charge is 0.0164 e. The molecule has 2 nitrogen and oxygen atoms in total. The summed E-state index contributed by atoms with van der Waals surface area (Å²) in [7, 11) is 0. The molecule has 1 aliphatic carbocycles. The van der Waals surface area contributed by atoms with Crippen molar-refractivity contribution in [3.8, 4) is 0 Å². The van der Waals surface area contributed by atoms with Crippen LogP contribution >= 0.6 is 11.3 Å². The summed E-state index contributed by atoms with van der Waals surface area (Å²) in [6, 6.07) is 2.90. The van der Waals surface area contributed by atoms with Crippen molar-refractivity contribution in [2.24, 2.45) is 0 Å². The second-order valence-electron chi connectivity index (χ2n) is 5.01. The quantitative estimate of drug-likeness (QED) is 0.813. The fourth-order valence-electron chi connectivity index (χ4n) is 2.57. The van der Waals surface area contributed by atoms with E-state index < -0.39 is 0 Å². The maximum absolute atomic E-state index is 3.66. The molecule has 96 valence electrons. The van der Waals surface area contributed by atoms with Crippen LogP contribution in [0.4, 0.5) is 0 Å². The minimum atomic E-state index is 0.568. The molecule has 0 aliphatic heterocycles. The Labute approximate surface area is 109 Å². The standard InChI is InChI=1S/C14H24N2S/c1-3-15-9-11(2)16-10-12-5-4-6-14-13(12)7-8-17-14/h7-8,11-12,15-16H,3-6,9-10H2,1-2H3. The zero-order valence-corrected chi connectivity index (χ0v) is 11.8. The Kier molecular flexibility index (Phi) is 5.01. The first-order valence-corrected chi connectivity index (χ1v) is 7.69. The number of aryl methyl sites for hydroxylation is 1. The highest BCUT2D eigenvalue weighted by Crippen LogP contribution is 2.34. The summed E-state index contributed by atoms with van der Waals surface area (Å²) in [4.78, 5) is 1.63. The van der Waals surface area contributed by atoms with Crippen LogP contribution in [0.5, 0.6) is 0 Å². The summed E-state index contributed by atoms with van der Waals surface area (Å²) >= 11 is 1.94. The van der Waals surface area contributed by atoms with E-state index in [1.807, 2.05) is 11.3 Å². The molecule has 0 spiro atoms. The van der Waals surface area contributed by atoms with Crippen molar-refractivity contribution >= 4 is 11.3 Å². The lowest BCUT2D eigenvalue weighted by Crippen LogP contribution is -2.38. The molecule has 2 atom stereocenters. The van der Waals surface area contributed by atoms with Gasteiger partial charge in [-0.1, -0.05) is 6.92 Å². The third-order valence-electron chi connectivity index (χ3n) is 3.59. The van der Waals surface area contributed by atoms with Gasteiger partial charge in [0.25, 0.3) is 0 Å². The molecule has 3 heteroatoms. The molecule has 0 amide bonds. The third-order valence-corrected chi connectivity index (χ3v) is 4.59. The van der Waals surface area contributed by atoms with Crippen LogP contribution in [-0.4, -0.2) is 25.7 Å².